The summed E-state index contributed by atoms with van der Waals surface area (Å²) in [5.74, 6) is -0.263. The molecule has 2 rings (SSSR count). The Labute approximate surface area is 97.6 Å². The lowest BCUT2D eigenvalue weighted by molar-refractivity contribution is -0.123. The first kappa shape index (κ1) is 11.9. The quantitative estimate of drug-likeness (QED) is 0.734. The summed E-state index contributed by atoms with van der Waals surface area (Å²) >= 11 is 0. The smallest absolute Gasteiger partial charge is 0.237 e. The Morgan fingerprint density at radius 1 is 1.38 bits per heavy atom. The van der Waals surface area contributed by atoms with Crippen molar-refractivity contribution in [3.63, 3.8) is 0 Å². The second-order valence-electron chi connectivity index (χ2n) is 5.69. The summed E-state index contributed by atoms with van der Waals surface area (Å²) in [6, 6.07) is 1.18. The van der Waals surface area contributed by atoms with Crippen LogP contribution in [0.25, 0.3) is 0 Å². The van der Waals surface area contributed by atoms with Crippen LogP contribution in [0, 0.1) is 0 Å². The molecule has 0 spiro atoms. The van der Waals surface area contributed by atoms with E-state index in [9.17, 15) is 4.79 Å². The van der Waals surface area contributed by atoms with Gasteiger partial charge in [-0.3, -0.25) is 4.79 Å². The number of carbonyl (C=O) groups excluding carboxylic acids is 1. The summed E-state index contributed by atoms with van der Waals surface area (Å²) < 4.78 is 0. The van der Waals surface area contributed by atoms with E-state index >= 15 is 0 Å². The predicted octanol–water partition coefficient (Wildman–Crippen LogP) is 0.467. The molecule has 2 aliphatic rings. The van der Waals surface area contributed by atoms with Gasteiger partial charge in [0.25, 0.3) is 0 Å². The van der Waals surface area contributed by atoms with Crippen molar-refractivity contribution in [3.8, 4) is 0 Å². The second-order valence-corrected chi connectivity index (χ2v) is 5.69. The van der Waals surface area contributed by atoms with Crippen molar-refractivity contribution < 1.29 is 4.79 Å². The van der Waals surface area contributed by atoms with Crippen LogP contribution >= 0.6 is 0 Å². The van der Waals surface area contributed by atoms with Crippen molar-refractivity contribution in [2.75, 3.05) is 13.1 Å². The SMILES string of the molecule is CC(C)(NC1CCN2CCCC2C1)C(N)=O. The average Bonchev–Trinajstić information content (AvgIpc) is 2.63. The number of carbonyl (C=O) groups is 1. The molecule has 0 radical (unpaired) electrons. The fraction of sp³-hybridized carbons (Fsp3) is 0.917. The maximum Gasteiger partial charge on any atom is 0.237 e. The molecule has 2 saturated heterocycles. The fourth-order valence-electron chi connectivity index (χ4n) is 2.94. The number of primary amides is 1. The van der Waals surface area contributed by atoms with Crippen LogP contribution in [0.3, 0.4) is 0 Å². The number of rotatable bonds is 3. The number of hydrogen-bond acceptors (Lipinski definition) is 3. The highest BCUT2D eigenvalue weighted by Gasteiger charge is 2.35. The maximum absolute atomic E-state index is 11.3. The molecule has 0 aromatic carbocycles. The zero-order chi connectivity index (χ0) is 11.8. The van der Waals surface area contributed by atoms with E-state index in [1.165, 1.54) is 19.4 Å². The molecule has 2 aliphatic heterocycles. The Morgan fingerprint density at radius 2 is 2.12 bits per heavy atom. The van der Waals surface area contributed by atoms with Crippen LogP contribution in [0.4, 0.5) is 0 Å². The molecule has 2 atom stereocenters. The third-order valence-corrected chi connectivity index (χ3v) is 4.00. The summed E-state index contributed by atoms with van der Waals surface area (Å²) in [6.07, 6.45) is 4.94. The van der Waals surface area contributed by atoms with Crippen molar-refractivity contribution in [1.82, 2.24) is 10.2 Å². The zero-order valence-electron chi connectivity index (χ0n) is 10.3. The summed E-state index contributed by atoms with van der Waals surface area (Å²) in [5.41, 5.74) is 4.80. The van der Waals surface area contributed by atoms with Crippen LogP contribution in [0.1, 0.15) is 39.5 Å². The van der Waals surface area contributed by atoms with Gasteiger partial charge in [-0.15, -0.1) is 0 Å². The van der Waals surface area contributed by atoms with Gasteiger partial charge in [0, 0.05) is 12.1 Å². The van der Waals surface area contributed by atoms with Crippen molar-refractivity contribution in [3.05, 3.63) is 0 Å². The third kappa shape index (κ3) is 2.38. The molecule has 2 fully saturated rings. The Kier molecular flexibility index (Phi) is 3.22. The van der Waals surface area contributed by atoms with Crippen LogP contribution in [0.15, 0.2) is 0 Å². The Hall–Kier alpha value is -0.610. The van der Waals surface area contributed by atoms with E-state index in [1.54, 1.807) is 0 Å². The number of piperidine rings is 1. The van der Waals surface area contributed by atoms with Crippen molar-refractivity contribution >= 4 is 5.91 Å². The van der Waals surface area contributed by atoms with Gasteiger partial charge in [-0.05, 0) is 52.6 Å². The lowest BCUT2D eigenvalue weighted by Gasteiger charge is -2.38. The van der Waals surface area contributed by atoms with E-state index in [0.29, 0.717) is 6.04 Å². The monoisotopic (exact) mass is 225 g/mol. The van der Waals surface area contributed by atoms with Gasteiger partial charge in [0.15, 0.2) is 0 Å². The summed E-state index contributed by atoms with van der Waals surface area (Å²) in [7, 11) is 0. The van der Waals surface area contributed by atoms with E-state index in [2.05, 4.69) is 10.2 Å². The molecule has 16 heavy (non-hydrogen) atoms. The zero-order valence-corrected chi connectivity index (χ0v) is 10.3. The van der Waals surface area contributed by atoms with Crippen molar-refractivity contribution in [2.45, 2.75) is 57.2 Å². The number of fused-ring (bicyclic) bond motifs is 1. The normalized spacial score (nSPS) is 31.4. The lowest BCUT2D eigenvalue weighted by Crippen LogP contribution is -2.57. The lowest BCUT2D eigenvalue weighted by atomic mass is 9.94. The van der Waals surface area contributed by atoms with Gasteiger partial charge in [0.2, 0.25) is 5.91 Å². The standard InChI is InChI=1S/C12H23N3O/c1-12(2,11(13)16)14-9-5-7-15-6-3-4-10(15)8-9/h9-10,14H,3-8H2,1-2H3,(H2,13,16). The minimum Gasteiger partial charge on any atom is -0.368 e. The first-order chi connectivity index (χ1) is 7.49. The molecule has 0 bridgehead atoms. The highest BCUT2D eigenvalue weighted by molar-refractivity contribution is 5.83. The van der Waals surface area contributed by atoms with Gasteiger partial charge in [-0.2, -0.15) is 0 Å². The minimum atomic E-state index is -0.578. The van der Waals surface area contributed by atoms with Gasteiger partial charge >= 0.3 is 0 Å². The summed E-state index contributed by atoms with van der Waals surface area (Å²) in [4.78, 5) is 13.9. The molecule has 4 heteroatoms. The number of nitrogens with zero attached hydrogens (tertiary/aromatic N) is 1. The minimum absolute atomic E-state index is 0.263. The van der Waals surface area contributed by atoms with Gasteiger partial charge in [0.05, 0.1) is 5.54 Å². The van der Waals surface area contributed by atoms with Crippen molar-refractivity contribution in [2.24, 2.45) is 5.73 Å². The van der Waals surface area contributed by atoms with Gasteiger partial charge in [0.1, 0.15) is 0 Å². The highest BCUT2D eigenvalue weighted by Crippen LogP contribution is 2.27. The molecule has 0 aromatic rings. The molecule has 4 nitrogen and oxygen atoms in total. The van der Waals surface area contributed by atoms with Gasteiger partial charge in [-0.1, -0.05) is 0 Å². The molecular weight excluding hydrogens is 202 g/mol. The summed E-state index contributed by atoms with van der Waals surface area (Å²) in [5, 5.41) is 3.41. The molecule has 3 N–H and O–H groups in total. The van der Waals surface area contributed by atoms with E-state index < -0.39 is 5.54 Å². The van der Waals surface area contributed by atoms with Crippen LogP contribution < -0.4 is 11.1 Å². The molecule has 0 aromatic heterocycles. The second kappa shape index (κ2) is 4.34. The molecule has 2 heterocycles. The van der Waals surface area contributed by atoms with E-state index in [4.69, 9.17) is 5.73 Å². The number of hydrogen-bond donors (Lipinski definition) is 2. The first-order valence-corrected chi connectivity index (χ1v) is 6.31. The van der Waals surface area contributed by atoms with Gasteiger partial charge in [-0.25, -0.2) is 0 Å². The Bertz CT molecular complexity index is 277. The average molecular weight is 225 g/mol. The third-order valence-electron chi connectivity index (χ3n) is 4.00. The van der Waals surface area contributed by atoms with E-state index in [-0.39, 0.29) is 5.91 Å². The van der Waals surface area contributed by atoms with Crippen LogP contribution in [0.2, 0.25) is 0 Å². The molecule has 2 unspecified atom stereocenters. The van der Waals surface area contributed by atoms with E-state index in [1.807, 2.05) is 13.8 Å². The molecule has 0 aliphatic carbocycles. The van der Waals surface area contributed by atoms with Crippen LogP contribution in [-0.4, -0.2) is 41.5 Å². The number of nitrogens with two attached hydrogens (primary N) is 1. The molecule has 1 amide bonds. The summed E-state index contributed by atoms with van der Waals surface area (Å²) in [6.45, 7) is 6.17. The maximum atomic E-state index is 11.3. The fourth-order valence-corrected chi connectivity index (χ4v) is 2.94. The Morgan fingerprint density at radius 3 is 2.81 bits per heavy atom. The molecule has 92 valence electrons. The number of nitrogens with one attached hydrogen (secondary N) is 1. The van der Waals surface area contributed by atoms with Crippen LogP contribution in [0.5, 0.6) is 0 Å². The van der Waals surface area contributed by atoms with Crippen molar-refractivity contribution in [1.29, 1.82) is 0 Å². The number of amides is 1. The highest BCUT2D eigenvalue weighted by atomic mass is 16.1. The first-order valence-electron chi connectivity index (χ1n) is 6.31. The van der Waals surface area contributed by atoms with E-state index in [0.717, 1.165) is 25.4 Å². The molecular formula is C12H23N3O. The van der Waals surface area contributed by atoms with Crippen LogP contribution in [-0.2, 0) is 4.79 Å². The Balaban J connectivity index is 1.90. The topological polar surface area (TPSA) is 58.4 Å². The molecule has 0 saturated carbocycles. The van der Waals surface area contributed by atoms with Gasteiger partial charge < -0.3 is 16.0 Å². The largest absolute Gasteiger partial charge is 0.368 e. The predicted molar refractivity (Wildman–Crippen MR) is 64.0 cm³/mol.